The fourth-order valence-corrected chi connectivity index (χ4v) is 0. The predicted molar refractivity (Wildman–Crippen MR) is 30.7 cm³/mol. The number of hydrogen-bond donors (Lipinski definition) is 0. The molecule has 0 aromatic carbocycles. The molecule has 1 radical (unpaired) electrons. The summed E-state index contributed by atoms with van der Waals surface area (Å²) in [5.41, 5.74) is 0. The Morgan fingerprint density at radius 1 is 0.500 bits per heavy atom. The van der Waals surface area contributed by atoms with Gasteiger partial charge in [0.15, 0.2) is 34.7 Å². The van der Waals surface area contributed by atoms with Crippen LogP contribution in [0.5, 0.6) is 0 Å². The minimum absolute atomic E-state index is 0. The molecular weight excluding hydrogens is 166 g/mol. The van der Waals surface area contributed by atoms with Crippen molar-refractivity contribution in [3.8, 4) is 0 Å². The molecule has 6 heteroatoms. The Kier molecular flexibility index (Phi) is 2180. The van der Waals surface area contributed by atoms with Crippen LogP contribution in [-0.4, -0.2) is 51.2 Å². The molecule has 47 valence electrons. The molecule has 0 fully saturated rings. The van der Waals surface area contributed by atoms with Crippen molar-refractivity contribution in [1.29, 1.82) is 0 Å². The van der Waals surface area contributed by atoms with Gasteiger partial charge in [-0.2, -0.15) is 0 Å². The zero-order chi connectivity index (χ0) is 0. The van der Waals surface area contributed by atoms with Crippen molar-refractivity contribution in [1.82, 2.24) is 0 Å². The molecule has 0 aliphatic heterocycles. The van der Waals surface area contributed by atoms with Gasteiger partial charge in [-0.05, 0) is 0 Å². The van der Waals surface area contributed by atoms with E-state index in [-0.39, 0.29) is 68.2 Å². The summed E-state index contributed by atoms with van der Waals surface area (Å²) in [6.07, 6.45) is 0. The van der Waals surface area contributed by atoms with E-state index in [9.17, 15) is 0 Å². The minimum atomic E-state index is 0. The third kappa shape index (κ3) is 50.8. The van der Waals surface area contributed by atoms with Gasteiger partial charge in [0, 0.05) is 17.1 Å². The molecular formula is H12Al2CuO3. The van der Waals surface area contributed by atoms with E-state index >= 15 is 0 Å². The first-order chi connectivity index (χ1) is 0. The van der Waals surface area contributed by atoms with Gasteiger partial charge in [-0.25, -0.2) is 0 Å². The first-order valence-electron chi connectivity index (χ1n) is 0. The predicted octanol–water partition coefficient (Wildman–Crippen LogP) is -4.84. The number of hydrogen-bond acceptors (Lipinski definition) is 0. The van der Waals surface area contributed by atoms with Gasteiger partial charge < -0.3 is 16.4 Å². The quantitative estimate of drug-likeness (QED) is 0.332. The Bertz CT molecular complexity index is 8.75. The second-order valence-corrected chi connectivity index (χ2v) is 0. The summed E-state index contributed by atoms with van der Waals surface area (Å²) in [6, 6.07) is 0. The Morgan fingerprint density at radius 3 is 0.500 bits per heavy atom. The molecule has 0 saturated heterocycles. The standard InChI is InChI=1S/2Al.Cu.3H2O.6H/h;;;3*1H2;;;;;;. The summed E-state index contributed by atoms with van der Waals surface area (Å²) >= 11 is 0. The van der Waals surface area contributed by atoms with Crippen LogP contribution in [0.4, 0.5) is 0 Å². The van der Waals surface area contributed by atoms with Crippen LogP contribution in [0.2, 0.25) is 0 Å². The van der Waals surface area contributed by atoms with Gasteiger partial charge in [0.1, 0.15) is 0 Å². The van der Waals surface area contributed by atoms with Crippen LogP contribution in [-0.2, 0) is 17.1 Å². The van der Waals surface area contributed by atoms with Crippen molar-refractivity contribution < 1.29 is 33.5 Å². The maximum atomic E-state index is 0. The van der Waals surface area contributed by atoms with Crippen LogP contribution in [0.3, 0.4) is 0 Å². The maximum Gasteiger partial charge on any atom is 0.187 e. The fraction of sp³-hybridized carbons (Fsp3) is 0. The zero-order valence-electron chi connectivity index (χ0n) is 1.80. The second kappa shape index (κ2) is 90.0. The van der Waals surface area contributed by atoms with Gasteiger partial charge in [-0.3, -0.25) is 0 Å². The molecule has 0 aromatic heterocycles. The smallest absolute Gasteiger partial charge is 0.187 e. The van der Waals surface area contributed by atoms with Crippen molar-refractivity contribution in [3.63, 3.8) is 0 Å². The van der Waals surface area contributed by atoms with Gasteiger partial charge in [0.2, 0.25) is 0 Å². The van der Waals surface area contributed by atoms with E-state index in [0.717, 1.165) is 0 Å². The zero-order valence-corrected chi connectivity index (χ0v) is 2.74. The van der Waals surface area contributed by atoms with E-state index in [0.29, 0.717) is 0 Å². The summed E-state index contributed by atoms with van der Waals surface area (Å²) in [5.74, 6) is 0. The van der Waals surface area contributed by atoms with E-state index in [2.05, 4.69) is 0 Å². The Morgan fingerprint density at radius 2 is 0.500 bits per heavy atom. The fourth-order valence-electron chi connectivity index (χ4n) is 0. The third-order valence-corrected chi connectivity index (χ3v) is 0. The first kappa shape index (κ1) is 145. The van der Waals surface area contributed by atoms with E-state index in [4.69, 9.17) is 0 Å². The first-order valence-corrected chi connectivity index (χ1v) is 0. The normalized spacial score (nSPS) is 0. The van der Waals surface area contributed by atoms with Crippen molar-refractivity contribution in [2.75, 3.05) is 0 Å². The van der Waals surface area contributed by atoms with E-state index in [1.165, 1.54) is 0 Å². The average molecular weight is 178 g/mol. The monoisotopic (exact) mass is 177 g/mol. The van der Waals surface area contributed by atoms with Gasteiger partial charge in [0.25, 0.3) is 0 Å². The third-order valence-electron chi connectivity index (χ3n) is 0. The average Bonchev–Trinajstić information content (AvgIpc) is 0. The van der Waals surface area contributed by atoms with Gasteiger partial charge >= 0.3 is 0 Å². The van der Waals surface area contributed by atoms with Crippen LogP contribution in [0.1, 0.15) is 0 Å². The topological polar surface area (TPSA) is 94.5 Å². The van der Waals surface area contributed by atoms with Gasteiger partial charge in [-0.15, -0.1) is 0 Å². The summed E-state index contributed by atoms with van der Waals surface area (Å²) in [5, 5.41) is 0. The summed E-state index contributed by atoms with van der Waals surface area (Å²) in [7, 11) is 0. The molecule has 0 aliphatic carbocycles. The van der Waals surface area contributed by atoms with Crippen molar-refractivity contribution in [2.24, 2.45) is 0 Å². The van der Waals surface area contributed by atoms with Crippen molar-refractivity contribution in [2.45, 2.75) is 0 Å². The molecule has 0 bridgehead atoms. The maximum absolute atomic E-state index is 0. The van der Waals surface area contributed by atoms with Crippen LogP contribution >= 0.6 is 0 Å². The molecule has 6 heavy (non-hydrogen) atoms. The second-order valence-electron chi connectivity index (χ2n) is 0. The van der Waals surface area contributed by atoms with Crippen LogP contribution in [0.15, 0.2) is 0 Å². The molecule has 0 aromatic rings. The van der Waals surface area contributed by atoms with Gasteiger partial charge in [-0.1, -0.05) is 0 Å². The van der Waals surface area contributed by atoms with Crippen molar-refractivity contribution in [3.05, 3.63) is 0 Å². The molecule has 0 rings (SSSR count). The molecule has 0 heterocycles. The Labute approximate surface area is 68.2 Å². The van der Waals surface area contributed by atoms with E-state index in [1.54, 1.807) is 0 Å². The largest absolute Gasteiger partial charge is 0.412 e. The minimum Gasteiger partial charge on any atom is -0.412 e. The Hall–Kier alpha value is 1.46. The van der Waals surface area contributed by atoms with E-state index in [1.807, 2.05) is 0 Å². The molecule has 0 amide bonds. The van der Waals surface area contributed by atoms with Gasteiger partial charge in [0.05, 0.1) is 0 Å². The molecule has 0 spiro atoms. The molecule has 0 saturated carbocycles. The van der Waals surface area contributed by atoms with Crippen LogP contribution in [0.25, 0.3) is 0 Å². The van der Waals surface area contributed by atoms with Crippen LogP contribution in [0, 0.1) is 0 Å². The summed E-state index contributed by atoms with van der Waals surface area (Å²) < 4.78 is 0. The van der Waals surface area contributed by atoms with Crippen molar-refractivity contribution >= 4 is 34.7 Å². The van der Waals surface area contributed by atoms with Crippen LogP contribution < -0.4 is 0 Å². The molecule has 0 unspecified atom stereocenters. The summed E-state index contributed by atoms with van der Waals surface area (Å²) in [4.78, 5) is 0. The number of rotatable bonds is 0. The summed E-state index contributed by atoms with van der Waals surface area (Å²) in [6.45, 7) is 0. The SMILES string of the molecule is O.O.O.[AlH3].[AlH3].[Cu]. The molecule has 6 N–H and O–H groups in total. The molecule has 0 aliphatic rings. The molecule has 0 atom stereocenters. The molecule has 3 nitrogen and oxygen atoms in total. The van der Waals surface area contributed by atoms with E-state index < -0.39 is 0 Å². The Balaban J connectivity index is 0.